The second-order valence-electron chi connectivity index (χ2n) is 5.30. The summed E-state index contributed by atoms with van der Waals surface area (Å²) >= 11 is 11.8. The topological polar surface area (TPSA) is 29.1 Å². The molecule has 6 heteroatoms. The largest absolute Gasteiger partial charge is 0.350 e. The normalized spacial score (nSPS) is 13.4. The molecule has 1 N–H and O–H groups in total. The van der Waals surface area contributed by atoms with Crippen LogP contribution in [0.4, 0.5) is 0 Å². The van der Waals surface area contributed by atoms with Crippen LogP contribution in [0.5, 0.6) is 0 Å². The standard InChI is InChI=1S/C12H16Br3NOS/c1-12(2,3)5-7(13)6-16-11(17)9-4-8(14)10(15)18-9/h4,7H,5-6H2,1-3H3,(H,16,17). The van der Waals surface area contributed by atoms with Crippen molar-refractivity contribution in [3.8, 4) is 0 Å². The van der Waals surface area contributed by atoms with Crippen molar-refractivity contribution in [1.82, 2.24) is 5.32 Å². The highest BCUT2D eigenvalue weighted by Crippen LogP contribution is 2.32. The van der Waals surface area contributed by atoms with Crippen molar-refractivity contribution in [2.75, 3.05) is 6.54 Å². The molecule has 0 fully saturated rings. The van der Waals surface area contributed by atoms with Gasteiger partial charge in [0, 0.05) is 15.8 Å². The lowest BCUT2D eigenvalue weighted by Gasteiger charge is -2.22. The van der Waals surface area contributed by atoms with Gasteiger partial charge in [-0.3, -0.25) is 4.79 Å². The van der Waals surface area contributed by atoms with E-state index in [0.29, 0.717) is 16.2 Å². The first-order valence-electron chi connectivity index (χ1n) is 5.56. The maximum absolute atomic E-state index is 11.9. The first-order chi connectivity index (χ1) is 8.19. The van der Waals surface area contributed by atoms with Gasteiger partial charge >= 0.3 is 0 Å². The maximum atomic E-state index is 11.9. The summed E-state index contributed by atoms with van der Waals surface area (Å²) in [6.07, 6.45) is 1.02. The monoisotopic (exact) mass is 459 g/mol. The molecule has 0 bridgehead atoms. The van der Waals surface area contributed by atoms with Gasteiger partial charge in [0.2, 0.25) is 0 Å². The third-order valence-corrected chi connectivity index (χ3v) is 6.09. The number of carbonyl (C=O) groups excluding carboxylic acids is 1. The molecule has 1 heterocycles. The van der Waals surface area contributed by atoms with Crippen molar-refractivity contribution in [3.63, 3.8) is 0 Å². The number of thiophene rings is 1. The average molecular weight is 462 g/mol. The fraction of sp³-hybridized carbons (Fsp3) is 0.583. The van der Waals surface area contributed by atoms with Gasteiger partial charge in [-0.25, -0.2) is 0 Å². The molecule has 0 spiro atoms. The van der Waals surface area contributed by atoms with E-state index in [0.717, 1.165) is 14.7 Å². The van der Waals surface area contributed by atoms with Crippen LogP contribution in [0.3, 0.4) is 0 Å². The van der Waals surface area contributed by atoms with Crippen molar-refractivity contribution in [3.05, 3.63) is 19.2 Å². The molecular formula is C12H16Br3NOS. The molecule has 1 rings (SSSR count). The summed E-state index contributed by atoms with van der Waals surface area (Å²) in [6.45, 7) is 7.22. The van der Waals surface area contributed by atoms with Crippen LogP contribution in [0.25, 0.3) is 0 Å². The summed E-state index contributed by atoms with van der Waals surface area (Å²) in [6, 6.07) is 1.83. The zero-order valence-corrected chi connectivity index (χ0v) is 16.1. The SMILES string of the molecule is CC(C)(C)CC(Br)CNC(=O)c1cc(Br)c(Br)s1. The number of hydrogen-bond acceptors (Lipinski definition) is 2. The molecule has 1 amide bonds. The molecule has 2 nitrogen and oxygen atoms in total. The second-order valence-corrected chi connectivity index (χ2v) is 9.82. The van der Waals surface area contributed by atoms with Gasteiger partial charge in [-0.15, -0.1) is 11.3 Å². The van der Waals surface area contributed by atoms with Gasteiger partial charge in [0.25, 0.3) is 5.91 Å². The Bertz CT molecular complexity index is 406. The average Bonchev–Trinajstić information content (AvgIpc) is 2.53. The molecule has 0 aromatic carbocycles. The summed E-state index contributed by atoms with van der Waals surface area (Å²) in [5.74, 6) is -0.0234. The Labute approximate surface area is 137 Å². The molecule has 1 atom stereocenters. The summed E-state index contributed by atoms with van der Waals surface area (Å²) in [7, 11) is 0. The van der Waals surface area contributed by atoms with E-state index in [1.54, 1.807) is 0 Å². The van der Waals surface area contributed by atoms with Crippen molar-refractivity contribution < 1.29 is 4.79 Å². The van der Waals surface area contributed by atoms with Crippen molar-refractivity contribution in [1.29, 1.82) is 0 Å². The predicted molar refractivity (Wildman–Crippen MR) is 88.8 cm³/mol. The molecule has 0 aliphatic rings. The first kappa shape index (κ1) is 16.7. The van der Waals surface area contributed by atoms with E-state index in [-0.39, 0.29) is 11.3 Å². The molecule has 18 heavy (non-hydrogen) atoms. The highest BCUT2D eigenvalue weighted by atomic mass is 79.9. The lowest BCUT2D eigenvalue weighted by atomic mass is 9.90. The number of nitrogens with one attached hydrogen (secondary N) is 1. The van der Waals surface area contributed by atoms with Gasteiger partial charge in [0.15, 0.2) is 0 Å². The second kappa shape index (κ2) is 6.86. The third kappa shape index (κ3) is 5.72. The van der Waals surface area contributed by atoms with E-state index in [4.69, 9.17) is 0 Å². The first-order valence-corrected chi connectivity index (χ1v) is 8.88. The van der Waals surface area contributed by atoms with Gasteiger partial charge in [-0.05, 0) is 49.8 Å². The number of hydrogen-bond donors (Lipinski definition) is 1. The van der Waals surface area contributed by atoms with Crippen LogP contribution in [0.15, 0.2) is 14.3 Å². The predicted octanol–water partition coefficient (Wildman–Crippen LogP) is 5.20. The van der Waals surface area contributed by atoms with E-state index in [2.05, 4.69) is 73.9 Å². The molecule has 1 aromatic rings. The lowest BCUT2D eigenvalue weighted by molar-refractivity contribution is 0.0956. The molecule has 0 saturated carbocycles. The smallest absolute Gasteiger partial charge is 0.261 e. The Balaban J connectivity index is 2.46. The van der Waals surface area contributed by atoms with Gasteiger partial charge in [-0.2, -0.15) is 0 Å². The number of amides is 1. The molecule has 1 unspecified atom stereocenters. The minimum Gasteiger partial charge on any atom is -0.350 e. The van der Waals surface area contributed by atoms with Crippen LogP contribution in [-0.4, -0.2) is 17.3 Å². The molecule has 102 valence electrons. The van der Waals surface area contributed by atoms with Crippen molar-refractivity contribution >= 4 is 65.0 Å². The van der Waals surface area contributed by atoms with Crippen molar-refractivity contribution in [2.24, 2.45) is 5.41 Å². The number of halogens is 3. The van der Waals surface area contributed by atoms with Gasteiger partial charge in [-0.1, -0.05) is 36.7 Å². The van der Waals surface area contributed by atoms with E-state index < -0.39 is 0 Å². The summed E-state index contributed by atoms with van der Waals surface area (Å²) < 4.78 is 1.86. The summed E-state index contributed by atoms with van der Waals surface area (Å²) in [5.41, 5.74) is 0.258. The Kier molecular flexibility index (Phi) is 6.35. The summed E-state index contributed by atoms with van der Waals surface area (Å²) in [5, 5.41) is 2.94. The van der Waals surface area contributed by atoms with Gasteiger partial charge in [0.05, 0.1) is 8.66 Å². The fourth-order valence-corrected chi connectivity index (χ4v) is 4.57. The maximum Gasteiger partial charge on any atom is 0.261 e. The van der Waals surface area contributed by atoms with Gasteiger partial charge < -0.3 is 5.32 Å². The van der Waals surface area contributed by atoms with Crippen molar-refractivity contribution in [2.45, 2.75) is 32.0 Å². The fourth-order valence-electron chi connectivity index (χ4n) is 1.49. The Hall–Kier alpha value is 0.610. The van der Waals surface area contributed by atoms with Crippen LogP contribution in [0.1, 0.15) is 36.9 Å². The zero-order valence-electron chi connectivity index (χ0n) is 10.5. The molecule has 0 saturated heterocycles. The van der Waals surface area contributed by atoms with Crippen LogP contribution in [0, 0.1) is 5.41 Å². The van der Waals surface area contributed by atoms with Crippen LogP contribution in [0.2, 0.25) is 0 Å². The number of rotatable bonds is 4. The Morgan fingerprint density at radius 1 is 1.44 bits per heavy atom. The Morgan fingerprint density at radius 2 is 2.06 bits per heavy atom. The number of alkyl halides is 1. The molecule has 0 aliphatic heterocycles. The lowest BCUT2D eigenvalue weighted by Crippen LogP contribution is -2.30. The van der Waals surface area contributed by atoms with Gasteiger partial charge in [0.1, 0.15) is 0 Å². The van der Waals surface area contributed by atoms with Crippen LogP contribution in [-0.2, 0) is 0 Å². The quantitative estimate of drug-likeness (QED) is 0.613. The van der Waals surface area contributed by atoms with E-state index in [1.165, 1.54) is 11.3 Å². The molecule has 0 aliphatic carbocycles. The number of carbonyl (C=O) groups is 1. The molecular weight excluding hydrogens is 446 g/mol. The molecule has 1 aromatic heterocycles. The third-order valence-electron chi connectivity index (χ3n) is 2.19. The highest BCUT2D eigenvalue weighted by Gasteiger charge is 2.18. The van der Waals surface area contributed by atoms with E-state index >= 15 is 0 Å². The minimum atomic E-state index is -0.0234. The summed E-state index contributed by atoms with van der Waals surface area (Å²) in [4.78, 5) is 12.9. The Morgan fingerprint density at radius 3 is 2.50 bits per heavy atom. The van der Waals surface area contributed by atoms with Crippen LogP contribution >= 0.6 is 59.1 Å². The molecule has 0 radical (unpaired) electrons. The minimum absolute atomic E-state index is 0.0234. The van der Waals surface area contributed by atoms with Crippen LogP contribution < -0.4 is 5.32 Å². The highest BCUT2D eigenvalue weighted by molar-refractivity contribution is 9.13. The zero-order chi connectivity index (χ0) is 13.9. The van der Waals surface area contributed by atoms with E-state index in [1.807, 2.05) is 6.07 Å². The van der Waals surface area contributed by atoms with E-state index in [9.17, 15) is 4.79 Å².